The molecule has 2 saturated carbocycles. The Morgan fingerprint density at radius 3 is 1.96 bits per heavy atom. The van der Waals surface area contributed by atoms with Crippen LogP contribution in [0, 0.1) is 29.6 Å². The van der Waals surface area contributed by atoms with Gasteiger partial charge in [-0.05, 0) is 73.8 Å². The van der Waals surface area contributed by atoms with Gasteiger partial charge in [0.15, 0.2) is 0 Å². The fraction of sp³-hybridized carbons (Fsp3) is 0.773. The topological polar surface area (TPSA) is 12.9 Å². The van der Waals surface area contributed by atoms with E-state index in [2.05, 4.69) is 11.9 Å². The molecular weight excluding hydrogens is 297 g/mol. The largest absolute Gasteiger partial charge is 0.228 e. The molecule has 2 aliphatic carbocycles. The van der Waals surface area contributed by atoms with Gasteiger partial charge in [-0.1, -0.05) is 51.5 Å². The average Bonchev–Trinajstić information content (AvgIpc) is 2.63. The highest BCUT2D eigenvalue weighted by atomic mass is 19.1. The first-order valence-electron chi connectivity index (χ1n) is 10.3. The Morgan fingerprint density at radius 2 is 1.46 bits per heavy atom. The minimum atomic E-state index is -0.368. The van der Waals surface area contributed by atoms with Crippen LogP contribution in [-0.4, -0.2) is 4.98 Å². The van der Waals surface area contributed by atoms with Crippen molar-refractivity contribution < 1.29 is 4.39 Å². The second kappa shape index (κ2) is 8.97. The van der Waals surface area contributed by atoms with E-state index in [1.807, 2.05) is 6.07 Å². The first-order valence-corrected chi connectivity index (χ1v) is 10.3. The summed E-state index contributed by atoms with van der Waals surface area (Å²) in [5, 5.41) is 0. The van der Waals surface area contributed by atoms with Crippen molar-refractivity contribution in [3.05, 3.63) is 29.8 Å². The zero-order valence-electron chi connectivity index (χ0n) is 15.4. The van der Waals surface area contributed by atoms with Crippen molar-refractivity contribution in [1.82, 2.24) is 4.98 Å². The Balaban J connectivity index is 1.36. The van der Waals surface area contributed by atoms with Crippen LogP contribution in [0.15, 0.2) is 18.3 Å². The quantitative estimate of drug-likeness (QED) is 0.537. The number of hydrogen-bond acceptors (Lipinski definition) is 1. The van der Waals surface area contributed by atoms with E-state index in [1.54, 1.807) is 6.20 Å². The molecule has 1 nitrogen and oxygen atoms in total. The third-order valence-corrected chi connectivity index (χ3v) is 6.78. The van der Waals surface area contributed by atoms with Gasteiger partial charge >= 0.3 is 0 Å². The number of aromatic nitrogens is 1. The molecule has 1 heterocycles. The molecule has 3 rings (SSSR count). The number of rotatable bonds is 6. The maximum Gasteiger partial charge on any atom is 0.212 e. The maximum atomic E-state index is 12.9. The first-order chi connectivity index (χ1) is 11.7. The third kappa shape index (κ3) is 5.04. The van der Waals surface area contributed by atoms with Crippen LogP contribution in [0.2, 0.25) is 0 Å². The molecule has 134 valence electrons. The molecule has 0 aliphatic heterocycles. The van der Waals surface area contributed by atoms with Crippen molar-refractivity contribution in [3.63, 3.8) is 0 Å². The van der Waals surface area contributed by atoms with Gasteiger partial charge in [0.1, 0.15) is 0 Å². The van der Waals surface area contributed by atoms with Crippen molar-refractivity contribution in [2.45, 2.75) is 84.0 Å². The molecule has 2 heteroatoms. The molecule has 0 atom stereocenters. The van der Waals surface area contributed by atoms with Gasteiger partial charge in [0.05, 0.1) is 0 Å². The van der Waals surface area contributed by atoms with Crippen LogP contribution in [0.5, 0.6) is 0 Å². The highest BCUT2D eigenvalue weighted by Crippen LogP contribution is 2.42. The molecule has 0 saturated heterocycles. The van der Waals surface area contributed by atoms with Crippen LogP contribution in [0.3, 0.4) is 0 Å². The van der Waals surface area contributed by atoms with Gasteiger partial charge in [0.25, 0.3) is 0 Å². The van der Waals surface area contributed by atoms with Gasteiger partial charge in [0, 0.05) is 6.20 Å². The summed E-state index contributed by atoms with van der Waals surface area (Å²) in [5.74, 6) is 3.58. The van der Waals surface area contributed by atoms with Crippen molar-refractivity contribution in [2.24, 2.45) is 23.7 Å². The molecule has 2 fully saturated rings. The first kappa shape index (κ1) is 17.9. The lowest BCUT2D eigenvalue weighted by Crippen LogP contribution is -2.26. The van der Waals surface area contributed by atoms with Crippen LogP contribution < -0.4 is 0 Å². The lowest BCUT2D eigenvalue weighted by Gasteiger charge is -2.38. The van der Waals surface area contributed by atoms with Crippen LogP contribution in [0.25, 0.3) is 0 Å². The fourth-order valence-corrected chi connectivity index (χ4v) is 5.23. The summed E-state index contributed by atoms with van der Waals surface area (Å²) >= 11 is 0. The number of aryl methyl sites for hydroxylation is 1. The standard InChI is InChI=1S/C22H34FN/c1-2-3-17-6-11-20(12-7-17)21-13-8-18(9-14-21)4-5-19-10-15-22(23)24-16-19/h10,15-18,20-21H,2-9,11-14H2,1H3. The zero-order valence-corrected chi connectivity index (χ0v) is 15.4. The van der Waals surface area contributed by atoms with Gasteiger partial charge in [0.2, 0.25) is 5.95 Å². The van der Waals surface area contributed by atoms with Gasteiger partial charge in [-0.2, -0.15) is 4.39 Å². The Kier molecular flexibility index (Phi) is 6.68. The van der Waals surface area contributed by atoms with E-state index >= 15 is 0 Å². The van der Waals surface area contributed by atoms with Crippen LogP contribution in [0.4, 0.5) is 4.39 Å². The fourth-order valence-electron chi connectivity index (χ4n) is 5.23. The summed E-state index contributed by atoms with van der Waals surface area (Å²) < 4.78 is 12.9. The van der Waals surface area contributed by atoms with E-state index in [-0.39, 0.29) is 5.95 Å². The number of pyridine rings is 1. The second-order valence-corrected chi connectivity index (χ2v) is 8.38. The van der Waals surface area contributed by atoms with E-state index in [4.69, 9.17) is 0 Å². The minimum Gasteiger partial charge on any atom is -0.228 e. The Labute approximate surface area is 147 Å². The molecule has 0 amide bonds. The van der Waals surface area contributed by atoms with Crippen LogP contribution in [0.1, 0.15) is 83.1 Å². The predicted octanol–water partition coefficient (Wildman–Crippen LogP) is 6.57. The Bertz CT molecular complexity index is 467. The number of hydrogen-bond donors (Lipinski definition) is 0. The van der Waals surface area contributed by atoms with Crippen molar-refractivity contribution >= 4 is 0 Å². The van der Waals surface area contributed by atoms with Crippen molar-refractivity contribution in [1.29, 1.82) is 0 Å². The van der Waals surface area contributed by atoms with Crippen LogP contribution in [-0.2, 0) is 6.42 Å². The van der Waals surface area contributed by atoms with E-state index in [9.17, 15) is 4.39 Å². The van der Waals surface area contributed by atoms with Gasteiger partial charge in [-0.25, -0.2) is 4.98 Å². The monoisotopic (exact) mass is 331 g/mol. The SMILES string of the molecule is CCCC1CCC(C2CCC(CCc3ccc(F)nc3)CC2)CC1. The summed E-state index contributed by atoms with van der Waals surface area (Å²) in [4.78, 5) is 3.77. The van der Waals surface area contributed by atoms with Crippen LogP contribution >= 0.6 is 0 Å². The minimum absolute atomic E-state index is 0.368. The van der Waals surface area contributed by atoms with Gasteiger partial charge < -0.3 is 0 Å². The molecule has 0 bridgehead atoms. The molecular formula is C22H34FN. The van der Waals surface area contributed by atoms with E-state index in [0.29, 0.717) is 0 Å². The summed E-state index contributed by atoms with van der Waals surface area (Å²) in [6.45, 7) is 2.33. The Hall–Kier alpha value is -0.920. The summed E-state index contributed by atoms with van der Waals surface area (Å²) in [5.41, 5.74) is 1.19. The third-order valence-electron chi connectivity index (χ3n) is 6.78. The molecule has 0 N–H and O–H groups in total. The molecule has 0 spiro atoms. The number of nitrogens with zero attached hydrogens (tertiary/aromatic N) is 1. The zero-order chi connectivity index (χ0) is 16.8. The summed E-state index contributed by atoms with van der Waals surface area (Å²) in [6, 6.07) is 3.38. The smallest absolute Gasteiger partial charge is 0.212 e. The molecule has 24 heavy (non-hydrogen) atoms. The highest BCUT2D eigenvalue weighted by Gasteiger charge is 2.30. The average molecular weight is 332 g/mol. The molecule has 0 radical (unpaired) electrons. The predicted molar refractivity (Wildman–Crippen MR) is 98.3 cm³/mol. The Morgan fingerprint density at radius 1 is 0.875 bits per heavy atom. The van der Waals surface area contributed by atoms with Crippen molar-refractivity contribution in [2.75, 3.05) is 0 Å². The highest BCUT2D eigenvalue weighted by molar-refractivity contribution is 5.09. The lowest BCUT2D eigenvalue weighted by molar-refractivity contribution is 0.141. The second-order valence-electron chi connectivity index (χ2n) is 8.38. The number of halogens is 1. The van der Waals surface area contributed by atoms with E-state index in [0.717, 1.165) is 30.1 Å². The van der Waals surface area contributed by atoms with Gasteiger partial charge in [-0.15, -0.1) is 0 Å². The molecule has 2 aliphatic rings. The summed E-state index contributed by atoms with van der Waals surface area (Å²) in [6.07, 6.45) is 18.6. The summed E-state index contributed by atoms with van der Waals surface area (Å²) in [7, 11) is 0. The molecule has 0 aromatic carbocycles. The van der Waals surface area contributed by atoms with E-state index in [1.165, 1.54) is 82.3 Å². The molecule has 1 aromatic rings. The van der Waals surface area contributed by atoms with E-state index < -0.39 is 0 Å². The van der Waals surface area contributed by atoms with Gasteiger partial charge in [-0.3, -0.25) is 0 Å². The lowest BCUT2D eigenvalue weighted by atomic mass is 9.68. The maximum absolute atomic E-state index is 12.9. The molecule has 0 unspecified atom stereocenters. The van der Waals surface area contributed by atoms with Crippen molar-refractivity contribution in [3.8, 4) is 0 Å². The normalized spacial score (nSPS) is 31.1. The molecule has 1 aromatic heterocycles.